The van der Waals surface area contributed by atoms with E-state index in [1.165, 1.54) is 4.90 Å². The van der Waals surface area contributed by atoms with Crippen molar-refractivity contribution in [1.82, 2.24) is 4.90 Å². The summed E-state index contributed by atoms with van der Waals surface area (Å²) in [6.45, 7) is 3.64. The number of benzene rings is 3. The monoisotopic (exact) mass is 472 g/mol. The Labute approximate surface area is 204 Å². The van der Waals surface area contributed by atoms with Crippen LogP contribution in [0.4, 0.5) is 10.5 Å². The third kappa shape index (κ3) is 5.04. The number of anilines is 1. The third-order valence-electron chi connectivity index (χ3n) is 6.38. The van der Waals surface area contributed by atoms with Gasteiger partial charge in [-0.25, -0.2) is 4.79 Å². The molecule has 35 heavy (non-hydrogen) atoms. The number of nitrogens with zero attached hydrogens (tertiary/aromatic N) is 1. The molecule has 0 bridgehead atoms. The molecule has 0 aromatic heterocycles. The van der Waals surface area contributed by atoms with Crippen molar-refractivity contribution in [2.75, 3.05) is 25.5 Å². The second kappa shape index (κ2) is 10.0. The Balaban J connectivity index is 1.44. The molecule has 0 radical (unpaired) electrons. The summed E-state index contributed by atoms with van der Waals surface area (Å²) in [4.78, 5) is 37.9. The van der Waals surface area contributed by atoms with Crippen molar-refractivity contribution in [3.05, 3.63) is 89.0 Å². The number of carboxylic acids is 1. The van der Waals surface area contributed by atoms with Crippen LogP contribution in [0.3, 0.4) is 0 Å². The van der Waals surface area contributed by atoms with Crippen LogP contribution >= 0.6 is 0 Å². The van der Waals surface area contributed by atoms with E-state index in [9.17, 15) is 14.4 Å². The summed E-state index contributed by atoms with van der Waals surface area (Å²) in [6.07, 6.45) is -0.604. The van der Waals surface area contributed by atoms with Crippen LogP contribution in [0, 0.1) is 12.8 Å². The second-order valence-electron chi connectivity index (χ2n) is 8.91. The molecule has 1 unspecified atom stereocenters. The van der Waals surface area contributed by atoms with E-state index in [0.29, 0.717) is 11.3 Å². The molecule has 0 saturated carbocycles. The van der Waals surface area contributed by atoms with E-state index in [1.54, 1.807) is 32.2 Å². The van der Waals surface area contributed by atoms with Gasteiger partial charge in [-0.05, 0) is 46.9 Å². The van der Waals surface area contributed by atoms with E-state index >= 15 is 0 Å². The Morgan fingerprint density at radius 3 is 2.20 bits per heavy atom. The average Bonchev–Trinajstić information content (AvgIpc) is 3.17. The van der Waals surface area contributed by atoms with Crippen molar-refractivity contribution in [3.8, 4) is 11.1 Å². The molecule has 0 aliphatic heterocycles. The number of aryl methyl sites for hydroxylation is 1. The van der Waals surface area contributed by atoms with Gasteiger partial charge in [0.15, 0.2) is 0 Å². The van der Waals surface area contributed by atoms with Crippen molar-refractivity contribution in [3.63, 3.8) is 0 Å². The van der Waals surface area contributed by atoms with Crippen molar-refractivity contribution in [1.29, 1.82) is 0 Å². The van der Waals surface area contributed by atoms with Crippen molar-refractivity contribution < 1.29 is 24.2 Å². The molecule has 180 valence electrons. The third-order valence-corrected chi connectivity index (χ3v) is 6.38. The van der Waals surface area contributed by atoms with E-state index in [1.807, 2.05) is 31.2 Å². The number of nitrogens with one attached hydrogen (secondary N) is 1. The maximum atomic E-state index is 12.8. The van der Waals surface area contributed by atoms with E-state index in [2.05, 4.69) is 29.6 Å². The van der Waals surface area contributed by atoms with Gasteiger partial charge in [-0.2, -0.15) is 0 Å². The van der Waals surface area contributed by atoms with Crippen LogP contribution in [0.15, 0.2) is 66.7 Å². The van der Waals surface area contributed by atoms with E-state index in [4.69, 9.17) is 9.84 Å². The van der Waals surface area contributed by atoms with Crippen LogP contribution in [-0.2, 0) is 9.53 Å². The molecule has 0 fully saturated rings. The predicted octanol–water partition coefficient (Wildman–Crippen LogP) is 5.15. The number of hydrogen-bond donors (Lipinski definition) is 2. The lowest BCUT2D eigenvalue weighted by atomic mass is 9.98. The van der Waals surface area contributed by atoms with Crippen LogP contribution in [0.25, 0.3) is 11.1 Å². The molecule has 1 atom stereocenters. The van der Waals surface area contributed by atoms with E-state index < -0.39 is 18.0 Å². The van der Waals surface area contributed by atoms with Gasteiger partial charge in [0.25, 0.3) is 5.91 Å². The highest BCUT2D eigenvalue weighted by Gasteiger charge is 2.29. The lowest BCUT2D eigenvalue weighted by Crippen LogP contribution is -2.33. The molecule has 0 saturated heterocycles. The first-order chi connectivity index (χ1) is 16.8. The quantitative estimate of drug-likeness (QED) is 0.496. The lowest BCUT2D eigenvalue weighted by Gasteiger charge is -2.20. The first-order valence-corrected chi connectivity index (χ1v) is 11.5. The molecule has 1 aliphatic carbocycles. The summed E-state index contributed by atoms with van der Waals surface area (Å²) in [5.41, 5.74) is 6.16. The number of hydrogen-bond acceptors (Lipinski definition) is 4. The molecule has 0 heterocycles. The zero-order valence-corrected chi connectivity index (χ0v) is 19.9. The van der Waals surface area contributed by atoms with Gasteiger partial charge < -0.3 is 14.7 Å². The molecule has 2 amide bonds. The van der Waals surface area contributed by atoms with Crippen molar-refractivity contribution in [2.45, 2.75) is 19.8 Å². The summed E-state index contributed by atoms with van der Waals surface area (Å²) < 4.78 is 5.61. The fraction of sp³-hybridized carbons (Fsp3) is 0.250. The SMILES string of the molecule is Cc1ccc(C(=O)N(C)CC(C)C(=O)O)cc1NC(=O)OCC1c2ccccc2-c2ccccc21. The van der Waals surface area contributed by atoms with Gasteiger partial charge in [0, 0.05) is 30.8 Å². The van der Waals surface area contributed by atoms with Crippen molar-refractivity contribution in [2.24, 2.45) is 5.92 Å². The molecule has 1 aliphatic rings. The van der Waals surface area contributed by atoms with Crippen LogP contribution in [-0.4, -0.2) is 48.2 Å². The highest BCUT2D eigenvalue weighted by Crippen LogP contribution is 2.44. The Morgan fingerprint density at radius 2 is 1.60 bits per heavy atom. The number of carbonyl (C=O) groups is 3. The summed E-state index contributed by atoms with van der Waals surface area (Å²) in [5, 5.41) is 11.9. The Bertz CT molecular complexity index is 1240. The summed E-state index contributed by atoms with van der Waals surface area (Å²) in [6, 6.07) is 21.2. The molecule has 2 N–H and O–H groups in total. The average molecular weight is 473 g/mol. The lowest BCUT2D eigenvalue weighted by molar-refractivity contribution is -0.141. The van der Waals surface area contributed by atoms with Crippen LogP contribution < -0.4 is 5.32 Å². The minimum absolute atomic E-state index is 0.0490. The predicted molar refractivity (Wildman–Crippen MR) is 134 cm³/mol. The standard InChI is InChI=1S/C28H28N2O5/c1-17-12-13-19(26(31)30(3)15-18(2)27(32)33)14-25(17)29-28(34)35-16-24-22-10-6-4-8-20(22)21-9-5-7-11-23(21)24/h4-14,18,24H,15-16H2,1-3H3,(H,29,34)(H,32,33). The first-order valence-electron chi connectivity index (χ1n) is 11.5. The highest BCUT2D eigenvalue weighted by molar-refractivity contribution is 5.97. The number of aliphatic carboxylic acids is 1. The first kappa shape index (κ1) is 24.0. The Kier molecular flexibility index (Phi) is 6.87. The number of ether oxygens (including phenoxy) is 1. The van der Waals surface area contributed by atoms with Gasteiger partial charge in [-0.3, -0.25) is 14.9 Å². The number of fused-ring (bicyclic) bond motifs is 3. The molecule has 7 nitrogen and oxygen atoms in total. The molecule has 7 heteroatoms. The summed E-state index contributed by atoms with van der Waals surface area (Å²) >= 11 is 0. The van der Waals surface area contributed by atoms with Crippen LogP contribution in [0.1, 0.15) is 39.9 Å². The smallest absolute Gasteiger partial charge is 0.411 e. The number of carboxylic acid groups (broad SMARTS) is 1. The summed E-state index contributed by atoms with van der Waals surface area (Å²) in [5.74, 6) is -2.03. The fourth-order valence-corrected chi connectivity index (χ4v) is 4.43. The molecule has 3 aromatic carbocycles. The van der Waals surface area contributed by atoms with Gasteiger partial charge in [-0.1, -0.05) is 61.5 Å². The normalized spacial score (nSPS) is 12.9. The minimum atomic E-state index is -0.967. The second-order valence-corrected chi connectivity index (χ2v) is 8.91. The number of amides is 2. The van der Waals surface area contributed by atoms with Gasteiger partial charge in [0.05, 0.1) is 5.92 Å². The molecule has 3 aromatic rings. The van der Waals surface area contributed by atoms with Gasteiger partial charge in [0.1, 0.15) is 6.61 Å². The van der Waals surface area contributed by atoms with Crippen LogP contribution in [0.2, 0.25) is 0 Å². The molecular weight excluding hydrogens is 444 g/mol. The maximum Gasteiger partial charge on any atom is 0.411 e. The zero-order valence-electron chi connectivity index (χ0n) is 19.9. The van der Waals surface area contributed by atoms with E-state index in [-0.39, 0.29) is 25.0 Å². The van der Waals surface area contributed by atoms with E-state index in [0.717, 1.165) is 27.8 Å². The number of carbonyl (C=O) groups excluding carboxylic acids is 2. The van der Waals surface area contributed by atoms with Gasteiger partial charge >= 0.3 is 12.1 Å². The Morgan fingerprint density at radius 1 is 1.00 bits per heavy atom. The Hall–Kier alpha value is -4.13. The fourth-order valence-electron chi connectivity index (χ4n) is 4.43. The van der Waals surface area contributed by atoms with Gasteiger partial charge in [-0.15, -0.1) is 0 Å². The topological polar surface area (TPSA) is 95.9 Å². The molecular formula is C28H28N2O5. The van der Waals surface area contributed by atoms with Gasteiger partial charge in [0.2, 0.25) is 0 Å². The minimum Gasteiger partial charge on any atom is -0.481 e. The summed E-state index contributed by atoms with van der Waals surface area (Å²) in [7, 11) is 1.56. The van der Waals surface area contributed by atoms with Crippen molar-refractivity contribution >= 4 is 23.7 Å². The largest absolute Gasteiger partial charge is 0.481 e. The molecule has 4 rings (SSSR count). The molecule has 0 spiro atoms. The highest BCUT2D eigenvalue weighted by atomic mass is 16.5. The maximum absolute atomic E-state index is 12.8. The zero-order chi connectivity index (χ0) is 25.1. The number of rotatable bonds is 7. The van der Waals surface area contributed by atoms with Crippen LogP contribution in [0.5, 0.6) is 0 Å².